The molecule has 0 aliphatic carbocycles. The van der Waals surface area contributed by atoms with Crippen LogP contribution in [-0.4, -0.2) is 28.1 Å². The summed E-state index contributed by atoms with van der Waals surface area (Å²) in [4.78, 5) is 42.0. The van der Waals surface area contributed by atoms with Gasteiger partial charge in [0, 0.05) is 34.8 Å². The van der Waals surface area contributed by atoms with E-state index in [4.69, 9.17) is 4.74 Å². The molecule has 9 heteroatoms. The number of nitro benzene ring substituents is 1. The minimum atomic E-state index is -0.514. The Bertz CT molecular complexity index is 1680. The summed E-state index contributed by atoms with van der Waals surface area (Å²) in [5, 5.41) is 12.8. The molecule has 0 spiro atoms. The molecule has 0 saturated carbocycles. The molecule has 8 nitrogen and oxygen atoms in total. The van der Waals surface area contributed by atoms with Gasteiger partial charge in [0.15, 0.2) is 4.80 Å². The Hall–Kier alpha value is -4.63. The zero-order valence-electron chi connectivity index (χ0n) is 18.4. The first kappa shape index (κ1) is 22.2. The molecule has 0 bridgehead atoms. The third-order valence-electron chi connectivity index (χ3n) is 5.56. The Morgan fingerprint density at radius 3 is 2.31 bits per heavy atom. The molecule has 0 N–H and O–H groups in total. The Kier molecular flexibility index (Phi) is 5.68. The fourth-order valence-corrected chi connectivity index (χ4v) is 4.86. The van der Waals surface area contributed by atoms with Gasteiger partial charge < -0.3 is 4.74 Å². The molecule has 2 aromatic heterocycles. The van der Waals surface area contributed by atoms with Gasteiger partial charge >= 0.3 is 0 Å². The number of benzene rings is 3. The summed E-state index contributed by atoms with van der Waals surface area (Å²) in [5.41, 5.74) is 1.22. The number of nitrogens with zero attached hydrogens (tertiary/aromatic N) is 3. The van der Waals surface area contributed by atoms with E-state index >= 15 is 0 Å². The average molecular weight is 484 g/mol. The van der Waals surface area contributed by atoms with E-state index in [1.54, 1.807) is 42.0 Å². The lowest BCUT2D eigenvalue weighted by atomic mass is 10.1. The van der Waals surface area contributed by atoms with Gasteiger partial charge in [-0.3, -0.25) is 24.1 Å². The smallest absolute Gasteiger partial charge is 0.279 e. The fourth-order valence-electron chi connectivity index (χ4n) is 3.78. The lowest BCUT2D eigenvalue weighted by Crippen LogP contribution is -2.10. The largest absolute Gasteiger partial charge is 0.497 e. The van der Waals surface area contributed by atoms with Crippen molar-refractivity contribution >= 4 is 45.0 Å². The summed E-state index contributed by atoms with van der Waals surface area (Å²) in [5.74, 6) is -0.136. The minimum absolute atomic E-state index is 0.0989. The first-order valence-electron chi connectivity index (χ1n) is 10.5. The number of hydrogen-bond acceptors (Lipinski definition) is 6. The highest BCUT2D eigenvalue weighted by molar-refractivity contribution is 7.12. The van der Waals surface area contributed by atoms with E-state index in [0.29, 0.717) is 32.1 Å². The molecule has 2 heterocycles. The maximum absolute atomic E-state index is 13.5. The number of carbonyl (C=O) groups is 2. The Morgan fingerprint density at radius 2 is 1.63 bits per heavy atom. The van der Waals surface area contributed by atoms with Crippen molar-refractivity contribution in [1.29, 1.82) is 0 Å². The van der Waals surface area contributed by atoms with Gasteiger partial charge in [0.2, 0.25) is 5.78 Å². The molecule has 0 unspecified atom stereocenters. The van der Waals surface area contributed by atoms with Crippen molar-refractivity contribution < 1.29 is 19.2 Å². The normalized spacial score (nSPS) is 11.6. The van der Waals surface area contributed by atoms with Gasteiger partial charge in [0.1, 0.15) is 10.6 Å². The van der Waals surface area contributed by atoms with Crippen LogP contribution in [0.1, 0.15) is 25.6 Å². The van der Waals surface area contributed by atoms with Crippen molar-refractivity contribution in [1.82, 2.24) is 4.40 Å². The van der Waals surface area contributed by atoms with Gasteiger partial charge in [0.05, 0.1) is 17.5 Å². The molecule has 0 radical (unpaired) electrons. The Morgan fingerprint density at radius 1 is 0.943 bits per heavy atom. The van der Waals surface area contributed by atoms with Gasteiger partial charge in [-0.1, -0.05) is 35.6 Å². The number of rotatable bonds is 5. The van der Waals surface area contributed by atoms with E-state index in [-0.39, 0.29) is 11.5 Å². The summed E-state index contributed by atoms with van der Waals surface area (Å²) in [6.45, 7) is 0. The highest BCUT2D eigenvalue weighted by Crippen LogP contribution is 2.27. The first-order chi connectivity index (χ1) is 17.0. The third-order valence-corrected chi connectivity index (χ3v) is 6.61. The Balaban J connectivity index is 1.69. The number of amides is 1. The molecule has 5 rings (SSSR count). The number of non-ortho nitro benzene ring substituents is 1. The van der Waals surface area contributed by atoms with Crippen molar-refractivity contribution in [3.63, 3.8) is 0 Å². The van der Waals surface area contributed by atoms with Gasteiger partial charge in [-0.15, -0.1) is 0 Å². The number of nitro groups is 1. The monoisotopic (exact) mass is 483 g/mol. The van der Waals surface area contributed by atoms with Crippen molar-refractivity contribution in [2.45, 2.75) is 0 Å². The highest BCUT2D eigenvalue weighted by Gasteiger charge is 2.20. The van der Waals surface area contributed by atoms with Crippen LogP contribution < -0.4 is 9.54 Å². The van der Waals surface area contributed by atoms with Crippen molar-refractivity contribution in [2.75, 3.05) is 7.11 Å². The van der Waals surface area contributed by atoms with Crippen LogP contribution >= 0.6 is 11.3 Å². The molecule has 1 amide bonds. The summed E-state index contributed by atoms with van der Waals surface area (Å²) in [6.07, 6.45) is 1.78. The molecule has 3 aromatic carbocycles. The fraction of sp³-hybridized carbons (Fsp3) is 0.0385. The molecule has 0 fully saturated rings. The van der Waals surface area contributed by atoms with Crippen LogP contribution in [-0.2, 0) is 0 Å². The quantitative estimate of drug-likeness (QED) is 0.198. The SMILES string of the molecule is COc1ccc(C(=O)N=c2sc(C(=O)c3ccc([N+](=O)[O-])cc3)c3c4ccccc4ccn23)cc1. The molecular formula is C26H17N3O5S. The topological polar surface area (TPSA) is 103 Å². The van der Waals surface area contributed by atoms with Crippen LogP contribution in [0, 0.1) is 10.1 Å². The standard InChI is InChI=1S/C26H17N3O5S/c1-34-20-12-8-18(9-13-20)25(31)27-26-28-15-14-16-4-2-3-5-21(16)22(28)24(35-26)23(30)17-6-10-19(11-7-17)29(32)33/h2-15H,1H3. The molecule has 0 aliphatic heterocycles. The number of thiazole rings is 1. The summed E-state index contributed by atoms with van der Waals surface area (Å²) < 4.78 is 6.87. The molecule has 35 heavy (non-hydrogen) atoms. The second-order valence-corrected chi connectivity index (χ2v) is 8.59. The van der Waals surface area contributed by atoms with Crippen LogP contribution in [0.25, 0.3) is 16.3 Å². The van der Waals surface area contributed by atoms with Crippen LogP contribution in [0.4, 0.5) is 5.69 Å². The predicted octanol–water partition coefficient (Wildman–Crippen LogP) is 5.04. The van der Waals surface area contributed by atoms with Crippen molar-refractivity contribution in [2.24, 2.45) is 4.99 Å². The average Bonchev–Trinajstić information content (AvgIpc) is 3.27. The van der Waals surface area contributed by atoms with E-state index in [1.165, 1.54) is 24.3 Å². The van der Waals surface area contributed by atoms with Crippen molar-refractivity contribution in [3.8, 4) is 5.75 Å². The minimum Gasteiger partial charge on any atom is -0.497 e. The predicted molar refractivity (Wildman–Crippen MR) is 132 cm³/mol. The number of pyridine rings is 1. The number of ketones is 1. The molecule has 5 aromatic rings. The Labute approximate surface area is 202 Å². The maximum Gasteiger partial charge on any atom is 0.279 e. The molecule has 0 atom stereocenters. The van der Waals surface area contributed by atoms with E-state index in [0.717, 1.165) is 22.1 Å². The van der Waals surface area contributed by atoms with Gasteiger partial charge in [-0.2, -0.15) is 4.99 Å². The molecule has 0 saturated heterocycles. The summed E-state index contributed by atoms with van der Waals surface area (Å²) >= 11 is 1.10. The van der Waals surface area contributed by atoms with Crippen LogP contribution in [0.3, 0.4) is 0 Å². The van der Waals surface area contributed by atoms with Gasteiger partial charge in [-0.05, 0) is 47.9 Å². The van der Waals surface area contributed by atoms with Crippen LogP contribution in [0.15, 0.2) is 90.1 Å². The van der Waals surface area contributed by atoms with E-state index in [1.807, 2.05) is 30.3 Å². The first-order valence-corrected chi connectivity index (χ1v) is 11.3. The summed E-state index contributed by atoms with van der Waals surface area (Å²) in [7, 11) is 1.55. The van der Waals surface area contributed by atoms with Crippen LogP contribution in [0.5, 0.6) is 5.75 Å². The number of ether oxygens (including phenoxy) is 1. The molecule has 172 valence electrons. The number of aromatic nitrogens is 1. The molecular weight excluding hydrogens is 466 g/mol. The zero-order chi connectivity index (χ0) is 24.5. The number of fused-ring (bicyclic) bond motifs is 3. The number of methoxy groups -OCH3 is 1. The molecule has 0 aliphatic rings. The third kappa shape index (κ3) is 4.09. The van der Waals surface area contributed by atoms with Gasteiger partial charge in [0.25, 0.3) is 11.6 Å². The van der Waals surface area contributed by atoms with E-state index in [2.05, 4.69) is 4.99 Å². The lowest BCUT2D eigenvalue weighted by Gasteiger charge is -2.04. The second kappa shape index (κ2) is 8.96. The summed E-state index contributed by atoms with van der Waals surface area (Å²) in [6, 6.07) is 21.6. The number of hydrogen-bond donors (Lipinski definition) is 0. The zero-order valence-corrected chi connectivity index (χ0v) is 19.2. The number of carbonyl (C=O) groups excluding carboxylic acids is 2. The lowest BCUT2D eigenvalue weighted by molar-refractivity contribution is -0.384. The maximum atomic E-state index is 13.5. The van der Waals surface area contributed by atoms with Crippen LogP contribution in [0.2, 0.25) is 0 Å². The van der Waals surface area contributed by atoms with E-state index in [9.17, 15) is 19.7 Å². The highest BCUT2D eigenvalue weighted by atomic mass is 32.1. The van der Waals surface area contributed by atoms with E-state index < -0.39 is 10.8 Å². The second-order valence-electron chi connectivity index (χ2n) is 7.61. The van der Waals surface area contributed by atoms with Crippen molar-refractivity contribution in [3.05, 3.63) is 116 Å². The van der Waals surface area contributed by atoms with Gasteiger partial charge in [-0.25, -0.2) is 0 Å².